The maximum Gasteiger partial charge on any atom is 0.319 e. The molecule has 0 saturated carbocycles. The highest BCUT2D eigenvalue weighted by Crippen LogP contribution is 2.37. The topological polar surface area (TPSA) is 101 Å². The molecule has 9 nitrogen and oxygen atoms in total. The minimum atomic E-state index is -0.602. The minimum absolute atomic E-state index is 0.159. The molecule has 1 atom stereocenters. The third kappa shape index (κ3) is 2.87. The number of aryl methyl sites for hydroxylation is 1. The Morgan fingerprint density at radius 1 is 1.19 bits per heavy atom. The van der Waals surface area contributed by atoms with E-state index in [2.05, 4.69) is 44.2 Å². The van der Waals surface area contributed by atoms with Crippen molar-refractivity contribution < 1.29 is 8.81 Å². The van der Waals surface area contributed by atoms with Gasteiger partial charge in [0.15, 0.2) is 0 Å². The Labute approximate surface area is 175 Å². The molecule has 0 aliphatic carbocycles. The first-order chi connectivity index (χ1) is 15.2. The van der Waals surface area contributed by atoms with E-state index < -0.39 is 5.95 Å². The molecule has 5 aromatic rings. The van der Waals surface area contributed by atoms with Crippen molar-refractivity contribution in [2.45, 2.75) is 19.4 Å². The number of fused-ring (bicyclic) bond motifs is 2. The van der Waals surface area contributed by atoms with E-state index >= 15 is 0 Å². The van der Waals surface area contributed by atoms with Gasteiger partial charge in [-0.1, -0.05) is 17.2 Å². The predicted molar refractivity (Wildman–Crippen MR) is 109 cm³/mol. The fraction of sp³-hybridized carbons (Fsp3) is 0.190. The van der Waals surface area contributed by atoms with E-state index in [0.717, 1.165) is 34.6 Å². The minimum Gasteiger partial charge on any atom is -0.402 e. The van der Waals surface area contributed by atoms with E-state index in [9.17, 15) is 4.39 Å². The van der Waals surface area contributed by atoms with Crippen molar-refractivity contribution in [3.05, 3.63) is 77.5 Å². The van der Waals surface area contributed by atoms with Crippen LogP contribution < -0.4 is 4.90 Å². The summed E-state index contributed by atoms with van der Waals surface area (Å²) in [6.45, 7) is 2.68. The van der Waals surface area contributed by atoms with Crippen LogP contribution in [-0.2, 0) is 6.42 Å². The summed E-state index contributed by atoms with van der Waals surface area (Å²) < 4.78 is 21.3. The van der Waals surface area contributed by atoms with Crippen LogP contribution in [0.1, 0.15) is 28.7 Å². The normalized spacial score (nSPS) is 16.1. The zero-order valence-electron chi connectivity index (χ0n) is 16.5. The SMILES string of the molecule is Cc1cccn2nc(C3c4nc[nH]c4CCN3c3nnc(-c4cccc(F)n4)o3)cc12. The fourth-order valence-electron chi connectivity index (χ4n) is 4.05. The Hall–Kier alpha value is -4.08. The summed E-state index contributed by atoms with van der Waals surface area (Å²) in [6.07, 6.45) is 4.36. The molecule has 1 unspecified atom stereocenters. The number of aromatic amines is 1. The number of anilines is 1. The predicted octanol–water partition coefficient (Wildman–Crippen LogP) is 3.10. The second-order valence-corrected chi connectivity index (χ2v) is 7.44. The van der Waals surface area contributed by atoms with Gasteiger partial charge in [0.25, 0.3) is 5.89 Å². The van der Waals surface area contributed by atoms with Crippen molar-refractivity contribution in [1.82, 2.24) is 34.8 Å². The van der Waals surface area contributed by atoms with E-state index in [0.29, 0.717) is 12.6 Å². The second kappa shape index (κ2) is 6.73. The van der Waals surface area contributed by atoms with Crippen LogP contribution in [0.4, 0.5) is 10.4 Å². The van der Waals surface area contributed by atoms with E-state index in [1.165, 1.54) is 6.07 Å². The van der Waals surface area contributed by atoms with Gasteiger partial charge in [0.2, 0.25) is 5.95 Å². The van der Waals surface area contributed by atoms with E-state index in [4.69, 9.17) is 9.52 Å². The highest BCUT2D eigenvalue weighted by Gasteiger charge is 2.36. The number of H-pyrrole nitrogens is 1. The number of halogens is 1. The van der Waals surface area contributed by atoms with Gasteiger partial charge in [-0.25, -0.2) is 14.5 Å². The molecule has 0 fully saturated rings. The molecule has 0 spiro atoms. The lowest BCUT2D eigenvalue weighted by Crippen LogP contribution is -2.36. The number of aromatic nitrogens is 7. The summed E-state index contributed by atoms with van der Waals surface area (Å²) >= 11 is 0. The van der Waals surface area contributed by atoms with Crippen LogP contribution >= 0.6 is 0 Å². The van der Waals surface area contributed by atoms with Crippen LogP contribution in [0.5, 0.6) is 0 Å². The molecule has 5 aromatic heterocycles. The molecule has 1 aliphatic rings. The molecule has 154 valence electrons. The molecule has 1 aliphatic heterocycles. The first-order valence-corrected chi connectivity index (χ1v) is 9.87. The molecule has 0 amide bonds. The summed E-state index contributed by atoms with van der Waals surface area (Å²) in [7, 11) is 0. The molecule has 6 rings (SSSR count). The van der Waals surface area contributed by atoms with Crippen LogP contribution in [-0.4, -0.2) is 41.3 Å². The molecule has 0 radical (unpaired) electrons. The van der Waals surface area contributed by atoms with Crippen molar-refractivity contribution >= 4 is 11.5 Å². The smallest absolute Gasteiger partial charge is 0.319 e. The molecule has 1 N–H and O–H groups in total. The summed E-state index contributed by atoms with van der Waals surface area (Å²) in [6, 6.07) is 10.5. The molecule has 10 heteroatoms. The van der Waals surface area contributed by atoms with E-state index in [1.807, 2.05) is 21.7 Å². The van der Waals surface area contributed by atoms with Crippen LogP contribution in [0.2, 0.25) is 0 Å². The van der Waals surface area contributed by atoms with Gasteiger partial charge in [0.1, 0.15) is 11.7 Å². The lowest BCUT2D eigenvalue weighted by atomic mass is 10.00. The average molecular weight is 416 g/mol. The molecular weight excluding hydrogens is 399 g/mol. The Bertz CT molecular complexity index is 1400. The Balaban J connectivity index is 1.45. The van der Waals surface area contributed by atoms with Crippen LogP contribution in [0, 0.1) is 12.9 Å². The highest BCUT2D eigenvalue weighted by atomic mass is 19.1. The zero-order chi connectivity index (χ0) is 20.9. The standard InChI is InChI=1S/C21H17FN8O/c1-12-4-3-8-30-16(12)10-15(28-30)19-18-13(23-11-24-18)7-9-29(19)21-27-26-20(31-21)14-5-2-6-17(22)25-14/h2-6,8,10-11,19H,7,9H2,1H3,(H,23,24). The van der Waals surface area contributed by atoms with Crippen LogP contribution in [0.3, 0.4) is 0 Å². The van der Waals surface area contributed by atoms with Crippen molar-refractivity contribution in [3.8, 4) is 11.6 Å². The molecule has 31 heavy (non-hydrogen) atoms. The Morgan fingerprint density at radius 2 is 2.13 bits per heavy atom. The third-order valence-corrected chi connectivity index (χ3v) is 5.53. The zero-order valence-corrected chi connectivity index (χ0v) is 16.5. The Kier molecular flexibility index (Phi) is 3.85. The van der Waals surface area contributed by atoms with E-state index in [1.54, 1.807) is 18.5 Å². The number of pyridine rings is 2. The molecule has 6 heterocycles. The summed E-state index contributed by atoms with van der Waals surface area (Å²) in [4.78, 5) is 13.6. The number of hydrogen-bond acceptors (Lipinski definition) is 7. The van der Waals surface area contributed by atoms with Crippen LogP contribution in [0.15, 0.2) is 53.3 Å². The summed E-state index contributed by atoms with van der Waals surface area (Å²) in [5, 5.41) is 13.1. The average Bonchev–Trinajstić information content (AvgIpc) is 3.52. The fourth-order valence-corrected chi connectivity index (χ4v) is 4.05. The molecule has 0 aromatic carbocycles. The lowest BCUT2D eigenvalue weighted by Gasteiger charge is -2.32. The van der Waals surface area contributed by atoms with Gasteiger partial charge in [-0.2, -0.15) is 9.49 Å². The number of rotatable bonds is 3. The third-order valence-electron chi connectivity index (χ3n) is 5.53. The number of nitrogens with zero attached hydrogens (tertiary/aromatic N) is 7. The van der Waals surface area contributed by atoms with Gasteiger partial charge in [0.05, 0.1) is 23.2 Å². The maximum absolute atomic E-state index is 13.5. The van der Waals surface area contributed by atoms with Gasteiger partial charge in [-0.15, -0.1) is 5.10 Å². The van der Waals surface area contributed by atoms with E-state index in [-0.39, 0.29) is 17.6 Å². The number of imidazole rings is 1. The monoisotopic (exact) mass is 416 g/mol. The van der Waals surface area contributed by atoms with Gasteiger partial charge < -0.3 is 14.3 Å². The largest absolute Gasteiger partial charge is 0.402 e. The van der Waals surface area contributed by atoms with Crippen molar-refractivity contribution in [1.29, 1.82) is 0 Å². The lowest BCUT2D eigenvalue weighted by molar-refractivity contribution is 0.501. The van der Waals surface area contributed by atoms with Gasteiger partial charge in [-0.3, -0.25) is 0 Å². The van der Waals surface area contributed by atoms with Gasteiger partial charge >= 0.3 is 6.01 Å². The van der Waals surface area contributed by atoms with Crippen molar-refractivity contribution in [3.63, 3.8) is 0 Å². The van der Waals surface area contributed by atoms with Crippen molar-refractivity contribution in [2.24, 2.45) is 0 Å². The maximum atomic E-state index is 13.5. The van der Waals surface area contributed by atoms with Gasteiger partial charge in [-0.05, 0) is 36.8 Å². The molecular formula is C21H17FN8O. The first kappa shape index (κ1) is 17.8. The van der Waals surface area contributed by atoms with Crippen LogP contribution in [0.25, 0.3) is 17.1 Å². The highest BCUT2D eigenvalue weighted by molar-refractivity contribution is 5.57. The Morgan fingerprint density at radius 3 is 3.00 bits per heavy atom. The van der Waals surface area contributed by atoms with Crippen molar-refractivity contribution in [2.75, 3.05) is 11.4 Å². The number of nitrogens with one attached hydrogen (secondary N) is 1. The molecule has 0 saturated heterocycles. The quantitative estimate of drug-likeness (QED) is 0.451. The summed E-state index contributed by atoms with van der Waals surface area (Å²) in [5.74, 6) is -0.443. The second-order valence-electron chi connectivity index (χ2n) is 7.44. The first-order valence-electron chi connectivity index (χ1n) is 9.87. The van der Waals surface area contributed by atoms with Gasteiger partial charge in [0, 0.05) is 24.9 Å². The summed E-state index contributed by atoms with van der Waals surface area (Å²) in [5.41, 5.74) is 5.19. The molecule has 0 bridgehead atoms. The number of hydrogen-bond donors (Lipinski definition) is 1.